The number of nitrogens with zero attached hydrogens (tertiary/aromatic N) is 1. The number of fused-ring (bicyclic) bond motifs is 1. The highest BCUT2D eigenvalue weighted by Crippen LogP contribution is 2.46. The van der Waals surface area contributed by atoms with Gasteiger partial charge in [0.05, 0.1) is 18.0 Å². The van der Waals surface area contributed by atoms with E-state index in [1.165, 1.54) is 16.1 Å². The molecule has 0 spiro atoms. The summed E-state index contributed by atoms with van der Waals surface area (Å²) in [7, 11) is -3.91. The van der Waals surface area contributed by atoms with Crippen molar-refractivity contribution >= 4 is 26.8 Å². The van der Waals surface area contributed by atoms with E-state index in [9.17, 15) is 22.4 Å². The molecule has 1 saturated carbocycles. The predicted molar refractivity (Wildman–Crippen MR) is 112 cm³/mol. The Labute approximate surface area is 183 Å². The lowest BCUT2D eigenvalue weighted by Crippen LogP contribution is -2.49. The quantitative estimate of drug-likeness (QED) is 0.319. The minimum absolute atomic E-state index is 0.156. The van der Waals surface area contributed by atoms with Crippen LogP contribution in [0.4, 0.5) is 4.39 Å². The van der Waals surface area contributed by atoms with Gasteiger partial charge in [-0.3, -0.25) is 14.6 Å². The highest BCUT2D eigenvalue weighted by molar-refractivity contribution is 7.92. The zero-order chi connectivity index (χ0) is 23.7. The Bertz CT molecular complexity index is 1360. The molecule has 1 heterocycles. The van der Waals surface area contributed by atoms with Gasteiger partial charge >= 0.3 is 5.76 Å². The number of amides is 1. The Morgan fingerprint density at radius 3 is 2.75 bits per heavy atom. The molecule has 9 nitrogen and oxygen atoms in total. The van der Waals surface area contributed by atoms with Gasteiger partial charge < -0.3 is 9.52 Å². The number of hydrogen-bond acceptors (Lipinski definition) is 7. The van der Waals surface area contributed by atoms with Crippen LogP contribution in [0.3, 0.4) is 0 Å². The Kier molecular flexibility index (Phi) is 6.20. The fourth-order valence-electron chi connectivity index (χ4n) is 3.13. The maximum atomic E-state index is 13.6. The number of sulfone groups is 1. The molecule has 0 bridgehead atoms. The Balaban J connectivity index is 1.81. The average Bonchev–Trinajstić information content (AvgIpc) is 3.29. The topological polar surface area (TPSA) is 139 Å². The number of rotatable bonds is 6. The SMILES string of the molecule is CC(CCn1c(=O)oc2cc(C#CC#C[C@H]3C[C@]3(F)CO)ccc21)(C(=O)NO)S(C)(=O)=O. The van der Waals surface area contributed by atoms with Crippen molar-refractivity contribution in [2.45, 2.75) is 36.7 Å². The molecular weight excluding hydrogens is 443 g/mol. The van der Waals surface area contributed by atoms with Gasteiger partial charge in [-0.2, -0.15) is 0 Å². The molecule has 0 saturated heterocycles. The van der Waals surface area contributed by atoms with Crippen molar-refractivity contribution in [3.63, 3.8) is 0 Å². The smallest absolute Gasteiger partial charge is 0.408 e. The summed E-state index contributed by atoms with van der Waals surface area (Å²) in [5.74, 6) is 8.14. The number of hydrogen-bond donors (Lipinski definition) is 3. The number of benzene rings is 1. The fourth-order valence-corrected chi connectivity index (χ4v) is 3.97. The van der Waals surface area contributed by atoms with E-state index in [1.807, 2.05) is 0 Å². The van der Waals surface area contributed by atoms with E-state index in [2.05, 4.69) is 23.7 Å². The first-order valence-electron chi connectivity index (χ1n) is 9.54. The van der Waals surface area contributed by atoms with E-state index in [-0.39, 0.29) is 25.0 Å². The Morgan fingerprint density at radius 1 is 1.44 bits per heavy atom. The van der Waals surface area contributed by atoms with Gasteiger partial charge in [0.1, 0.15) is 5.67 Å². The molecule has 1 aromatic heterocycles. The van der Waals surface area contributed by atoms with Crippen LogP contribution in [0.5, 0.6) is 0 Å². The van der Waals surface area contributed by atoms with Crippen molar-refractivity contribution < 1.29 is 32.3 Å². The first kappa shape index (κ1) is 23.5. The molecule has 3 N–H and O–H groups in total. The Hall–Kier alpha value is -3.12. The maximum Gasteiger partial charge on any atom is 0.419 e. The largest absolute Gasteiger partial charge is 0.419 e. The number of carbonyl (C=O) groups is 1. The second-order valence-electron chi connectivity index (χ2n) is 7.86. The third-order valence-electron chi connectivity index (χ3n) is 5.67. The molecular formula is C21H21FN2O7S. The van der Waals surface area contributed by atoms with Crippen LogP contribution in [0.2, 0.25) is 0 Å². The number of aliphatic hydroxyl groups is 1. The standard InChI is InChI=1S/C21H21FN2O7S/c1-20(18(26)23-28,32(2,29)30)9-10-24-16-8-7-14(11-17(16)31-19(24)27)5-3-4-6-15-12-21(15,22)13-25/h7-8,11,15,25,28H,9-10,12-13H2,1-2H3,(H,23,26)/t15-,20?,21-/m0/s1. The molecule has 1 aliphatic carbocycles. The molecule has 1 unspecified atom stereocenters. The number of aromatic nitrogens is 1. The third kappa shape index (κ3) is 4.41. The first-order valence-corrected chi connectivity index (χ1v) is 11.4. The summed E-state index contributed by atoms with van der Waals surface area (Å²) in [6, 6.07) is 4.66. The fraction of sp³-hybridized carbons (Fsp3) is 0.429. The van der Waals surface area contributed by atoms with Crippen molar-refractivity contribution in [2.24, 2.45) is 5.92 Å². The molecule has 3 rings (SSSR count). The van der Waals surface area contributed by atoms with Crippen LogP contribution >= 0.6 is 0 Å². The molecule has 11 heteroatoms. The number of alkyl halides is 1. The van der Waals surface area contributed by atoms with E-state index in [4.69, 9.17) is 14.7 Å². The minimum Gasteiger partial charge on any atom is -0.408 e. The first-order chi connectivity index (χ1) is 14.9. The van der Waals surface area contributed by atoms with E-state index in [0.717, 1.165) is 13.2 Å². The number of nitrogens with one attached hydrogen (secondary N) is 1. The van der Waals surface area contributed by atoms with E-state index in [1.54, 1.807) is 12.1 Å². The summed E-state index contributed by atoms with van der Waals surface area (Å²) in [6.07, 6.45) is 0.767. The molecule has 0 radical (unpaired) electrons. The van der Waals surface area contributed by atoms with Crippen molar-refractivity contribution in [3.8, 4) is 23.7 Å². The van der Waals surface area contributed by atoms with Crippen LogP contribution in [0.15, 0.2) is 27.4 Å². The summed E-state index contributed by atoms with van der Waals surface area (Å²) in [5, 5.41) is 17.8. The normalized spacial score (nSPS) is 21.6. The third-order valence-corrected chi connectivity index (χ3v) is 7.69. The van der Waals surface area contributed by atoms with Gasteiger partial charge in [-0.25, -0.2) is 23.1 Å². The summed E-state index contributed by atoms with van der Waals surface area (Å²) in [4.78, 5) is 24.2. The second-order valence-corrected chi connectivity index (χ2v) is 10.3. The second kappa shape index (κ2) is 8.43. The number of oxazole rings is 1. The molecule has 1 amide bonds. The van der Waals surface area contributed by atoms with Gasteiger partial charge in [0, 0.05) is 24.8 Å². The van der Waals surface area contributed by atoms with Crippen LogP contribution in [-0.4, -0.2) is 52.5 Å². The number of aryl methyl sites for hydroxylation is 1. The molecule has 1 aromatic carbocycles. The number of hydroxylamine groups is 1. The van der Waals surface area contributed by atoms with Gasteiger partial charge in [-0.15, -0.1) is 0 Å². The van der Waals surface area contributed by atoms with Crippen LogP contribution in [0, 0.1) is 29.6 Å². The number of halogens is 1. The summed E-state index contributed by atoms with van der Waals surface area (Å²) in [5.41, 5.74) is 0.778. The number of carbonyl (C=O) groups excluding carboxylic acids is 1. The lowest BCUT2D eigenvalue weighted by molar-refractivity contribution is -0.131. The molecule has 170 valence electrons. The maximum absolute atomic E-state index is 13.6. The van der Waals surface area contributed by atoms with Crippen molar-refractivity contribution in [1.82, 2.24) is 10.0 Å². The van der Waals surface area contributed by atoms with Gasteiger partial charge in [0.25, 0.3) is 5.91 Å². The van der Waals surface area contributed by atoms with Crippen molar-refractivity contribution in [1.29, 1.82) is 0 Å². The summed E-state index contributed by atoms with van der Waals surface area (Å²) in [6.45, 7) is 0.433. The van der Waals surface area contributed by atoms with Crippen molar-refractivity contribution in [3.05, 3.63) is 34.3 Å². The van der Waals surface area contributed by atoms with Crippen LogP contribution in [0.1, 0.15) is 25.3 Å². The van der Waals surface area contributed by atoms with Gasteiger partial charge in [-0.05, 0) is 43.4 Å². The van der Waals surface area contributed by atoms with Gasteiger partial charge in [-0.1, -0.05) is 11.8 Å². The highest BCUT2D eigenvalue weighted by atomic mass is 32.2. The number of aliphatic hydroxyl groups excluding tert-OH is 1. The average molecular weight is 464 g/mol. The molecule has 1 aliphatic rings. The van der Waals surface area contributed by atoms with Crippen LogP contribution in [-0.2, 0) is 21.2 Å². The van der Waals surface area contributed by atoms with Crippen LogP contribution in [0.25, 0.3) is 11.1 Å². The summed E-state index contributed by atoms with van der Waals surface area (Å²) >= 11 is 0. The van der Waals surface area contributed by atoms with Gasteiger partial charge in [0.15, 0.2) is 20.2 Å². The summed E-state index contributed by atoms with van der Waals surface area (Å²) < 4.78 is 42.2. The lowest BCUT2D eigenvalue weighted by atomic mass is 10.1. The van der Waals surface area contributed by atoms with Crippen molar-refractivity contribution in [2.75, 3.05) is 12.9 Å². The van der Waals surface area contributed by atoms with Crippen LogP contribution < -0.4 is 11.2 Å². The monoisotopic (exact) mass is 464 g/mol. The zero-order valence-electron chi connectivity index (χ0n) is 17.3. The lowest BCUT2D eigenvalue weighted by Gasteiger charge is -2.24. The molecule has 2 aromatic rings. The molecule has 32 heavy (non-hydrogen) atoms. The van der Waals surface area contributed by atoms with Gasteiger partial charge in [0.2, 0.25) is 0 Å². The zero-order valence-corrected chi connectivity index (χ0v) is 18.1. The molecule has 1 fully saturated rings. The Morgan fingerprint density at radius 2 is 2.16 bits per heavy atom. The van der Waals surface area contributed by atoms with E-state index >= 15 is 0 Å². The highest BCUT2D eigenvalue weighted by Gasteiger charge is 2.54. The van der Waals surface area contributed by atoms with E-state index in [0.29, 0.717) is 11.1 Å². The molecule has 3 atom stereocenters. The molecule has 0 aliphatic heterocycles. The van der Waals surface area contributed by atoms with E-state index < -0.39 is 44.4 Å². The minimum atomic E-state index is -3.91. The predicted octanol–water partition coefficient (Wildman–Crippen LogP) is 0.369.